The molecule has 0 saturated carbocycles. The topological polar surface area (TPSA) is 59.3 Å². The van der Waals surface area contributed by atoms with Crippen molar-refractivity contribution in [3.05, 3.63) is 57.5 Å². The van der Waals surface area contributed by atoms with Crippen molar-refractivity contribution >= 4 is 5.78 Å². The van der Waals surface area contributed by atoms with Crippen LogP contribution in [-0.2, 0) is 19.6 Å². The average molecular weight is 283 g/mol. The van der Waals surface area contributed by atoms with E-state index in [-0.39, 0.29) is 17.9 Å². The summed E-state index contributed by atoms with van der Waals surface area (Å²) in [5.41, 5.74) is 3.47. The molecule has 1 aromatic heterocycles. The van der Waals surface area contributed by atoms with E-state index in [1.165, 1.54) is 6.92 Å². The van der Waals surface area contributed by atoms with Crippen LogP contribution < -0.4 is 5.56 Å². The Morgan fingerprint density at radius 3 is 2.86 bits per heavy atom. The first-order valence-corrected chi connectivity index (χ1v) is 7.09. The van der Waals surface area contributed by atoms with Gasteiger partial charge in [0.25, 0.3) is 5.56 Å². The standard InChI is InChI=1S/C17H17NO3/c1-11(20)14-9-15(13-5-2-4-12(8-13)10-19)17(21)18-7-3-6-16(14)18/h2,4-5,8-9,19H,3,6-7,10H2,1H3. The lowest BCUT2D eigenvalue weighted by Gasteiger charge is -2.12. The Hall–Kier alpha value is -2.20. The minimum Gasteiger partial charge on any atom is -0.392 e. The van der Waals surface area contributed by atoms with Crippen LogP contribution in [0.5, 0.6) is 0 Å². The van der Waals surface area contributed by atoms with Crippen molar-refractivity contribution in [2.24, 2.45) is 0 Å². The Morgan fingerprint density at radius 2 is 2.14 bits per heavy atom. The second kappa shape index (κ2) is 5.30. The monoisotopic (exact) mass is 283 g/mol. The van der Waals surface area contributed by atoms with Gasteiger partial charge in [0.1, 0.15) is 0 Å². The van der Waals surface area contributed by atoms with Crippen molar-refractivity contribution in [1.29, 1.82) is 0 Å². The minimum atomic E-state index is -0.0698. The van der Waals surface area contributed by atoms with Gasteiger partial charge in [0, 0.05) is 23.4 Å². The minimum absolute atomic E-state index is 0.0137. The Balaban J connectivity index is 2.26. The number of carbonyl (C=O) groups is 1. The molecule has 21 heavy (non-hydrogen) atoms. The van der Waals surface area contributed by atoms with Crippen LogP contribution in [0, 0.1) is 0 Å². The number of Topliss-reactive ketones (excluding diaryl/α,β-unsaturated/α-hetero) is 1. The van der Waals surface area contributed by atoms with E-state index in [9.17, 15) is 14.7 Å². The van der Waals surface area contributed by atoms with Crippen molar-refractivity contribution in [3.8, 4) is 11.1 Å². The van der Waals surface area contributed by atoms with Gasteiger partial charge >= 0.3 is 0 Å². The highest BCUT2D eigenvalue weighted by molar-refractivity contribution is 5.96. The van der Waals surface area contributed by atoms with Crippen molar-refractivity contribution in [1.82, 2.24) is 4.57 Å². The number of aromatic nitrogens is 1. The van der Waals surface area contributed by atoms with Gasteiger partial charge in [-0.2, -0.15) is 0 Å². The maximum absolute atomic E-state index is 12.6. The number of benzene rings is 1. The Kier molecular flexibility index (Phi) is 3.47. The Bertz CT molecular complexity index is 774. The largest absolute Gasteiger partial charge is 0.392 e. The predicted octanol–water partition coefficient (Wildman–Crippen LogP) is 2.16. The molecule has 0 amide bonds. The summed E-state index contributed by atoms with van der Waals surface area (Å²) >= 11 is 0. The number of hydrogen-bond acceptors (Lipinski definition) is 3. The van der Waals surface area contributed by atoms with Gasteiger partial charge in [0.05, 0.1) is 6.61 Å². The smallest absolute Gasteiger partial charge is 0.258 e. The summed E-state index contributed by atoms with van der Waals surface area (Å²) < 4.78 is 1.72. The van der Waals surface area contributed by atoms with Crippen molar-refractivity contribution < 1.29 is 9.90 Å². The van der Waals surface area contributed by atoms with E-state index in [0.717, 1.165) is 29.7 Å². The first-order chi connectivity index (χ1) is 10.1. The average Bonchev–Trinajstić information content (AvgIpc) is 2.97. The molecule has 0 bridgehead atoms. The summed E-state index contributed by atoms with van der Waals surface area (Å²) in [4.78, 5) is 24.5. The molecule has 108 valence electrons. The third-order valence-electron chi connectivity index (χ3n) is 4.00. The van der Waals surface area contributed by atoms with E-state index < -0.39 is 0 Å². The highest BCUT2D eigenvalue weighted by atomic mass is 16.3. The Labute approximate surface area is 122 Å². The van der Waals surface area contributed by atoms with Gasteiger partial charge < -0.3 is 9.67 Å². The summed E-state index contributed by atoms with van der Waals surface area (Å²) in [6, 6.07) is 8.95. The summed E-state index contributed by atoms with van der Waals surface area (Å²) in [5, 5.41) is 9.24. The number of hydrogen-bond donors (Lipinski definition) is 1. The number of aliphatic hydroxyl groups is 1. The number of pyridine rings is 1. The van der Waals surface area contributed by atoms with E-state index in [1.807, 2.05) is 12.1 Å². The van der Waals surface area contributed by atoms with Crippen LogP contribution in [0.3, 0.4) is 0 Å². The normalized spacial score (nSPS) is 13.2. The molecule has 2 aromatic rings. The highest BCUT2D eigenvalue weighted by Crippen LogP contribution is 2.24. The molecule has 0 spiro atoms. The quantitative estimate of drug-likeness (QED) is 0.878. The van der Waals surface area contributed by atoms with Crippen LogP contribution in [0.4, 0.5) is 0 Å². The van der Waals surface area contributed by atoms with Crippen molar-refractivity contribution in [3.63, 3.8) is 0 Å². The molecule has 3 rings (SSSR count). The van der Waals surface area contributed by atoms with Crippen LogP contribution in [0.15, 0.2) is 35.1 Å². The lowest BCUT2D eigenvalue weighted by atomic mass is 10.00. The van der Waals surface area contributed by atoms with E-state index in [1.54, 1.807) is 22.8 Å². The van der Waals surface area contributed by atoms with Crippen LogP contribution in [0.2, 0.25) is 0 Å². The predicted molar refractivity (Wildman–Crippen MR) is 80.4 cm³/mol. The highest BCUT2D eigenvalue weighted by Gasteiger charge is 2.21. The van der Waals surface area contributed by atoms with E-state index >= 15 is 0 Å². The van der Waals surface area contributed by atoms with Gasteiger partial charge in [-0.05, 0) is 43.0 Å². The van der Waals surface area contributed by atoms with Gasteiger partial charge in [-0.15, -0.1) is 0 Å². The van der Waals surface area contributed by atoms with Gasteiger partial charge in [-0.3, -0.25) is 9.59 Å². The number of fused-ring (bicyclic) bond motifs is 1. The molecule has 1 aliphatic heterocycles. The summed E-state index contributed by atoms with van der Waals surface area (Å²) in [6.07, 6.45) is 1.68. The fourth-order valence-electron chi connectivity index (χ4n) is 2.96. The summed E-state index contributed by atoms with van der Waals surface area (Å²) in [7, 11) is 0. The van der Waals surface area contributed by atoms with Crippen LogP contribution in [0.25, 0.3) is 11.1 Å². The molecular formula is C17H17NO3. The van der Waals surface area contributed by atoms with Crippen LogP contribution >= 0.6 is 0 Å². The molecule has 0 atom stereocenters. The molecule has 0 saturated heterocycles. The molecule has 4 nitrogen and oxygen atoms in total. The second-order valence-electron chi connectivity index (χ2n) is 5.39. The molecule has 0 aliphatic carbocycles. The zero-order valence-electron chi connectivity index (χ0n) is 11.9. The Morgan fingerprint density at radius 1 is 1.33 bits per heavy atom. The molecule has 1 aliphatic rings. The van der Waals surface area contributed by atoms with E-state index in [2.05, 4.69) is 0 Å². The fraction of sp³-hybridized carbons (Fsp3) is 0.294. The van der Waals surface area contributed by atoms with Crippen molar-refractivity contribution in [2.75, 3.05) is 0 Å². The lowest BCUT2D eigenvalue weighted by Crippen LogP contribution is -2.23. The van der Waals surface area contributed by atoms with Gasteiger partial charge in [0.2, 0.25) is 0 Å². The number of aliphatic hydroxyl groups excluding tert-OH is 1. The van der Waals surface area contributed by atoms with Crippen LogP contribution in [0.1, 0.15) is 35.0 Å². The third kappa shape index (κ3) is 2.32. The molecule has 1 N–H and O–H groups in total. The van der Waals surface area contributed by atoms with Crippen LogP contribution in [-0.4, -0.2) is 15.5 Å². The second-order valence-corrected chi connectivity index (χ2v) is 5.39. The van der Waals surface area contributed by atoms with E-state index in [0.29, 0.717) is 17.7 Å². The molecule has 0 fully saturated rings. The van der Waals surface area contributed by atoms with Gasteiger partial charge in [0.15, 0.2) is 5.78 Å². The number of rotatable bonds is 3. The maximum atomic E-state index is 12.6. The maximum Gasteiger partial charge on any atom is 0.258 e. The SMILES string of the molecule is CC(=O)c1cc(-c2cccc(CO)c2)c(=O)n2c1CCC2. The van der Waals surface area contributed by atoms with Gasteiger partial charge in [-0.1, -0.05) is 18.2 Å². The lowest BCUT2D eigenvalue weighted by molar-refractivity contribution is 0.101. The molecule has 4 heteroatoms. The summed E-state index contributed by atoms with van der Waals surface area (Å²) in [6.45, 7) is 2.13. The first-order valence-electron chi connectivity index (χ1n) is 7.09. The molecule has 0 unspecified atom stereocenters. The fourth-order valence-corrected chi connectivity index (χ4v) is 2.96. The molecule has 0 radical (unpaired) electrons. The molecule has 2 heterocycles. The number of nitrogens with zero attached hydrogens (tertiary/aromatic N) is 1. The van der Waals surface area contributed by atoms with E-state index in [4.69, 9.17) is 0 Å². The molecular weight excluding hydrogens is 266 g/mol. The van der Waals surface area contributed by atoms with Gasteiger partial charge in [-0.25, -0.2) is 0 Å². The zero-order chi connectivity index (χ0) is 15.0. The zero-order valence-corrected chi connectivity index (χ0v) is 11.9. The van der Waals surface area contributed by atoms with Crippen molar-refractivity contribution in [2.45, 2.75) is 32.9 Å². The molecule has 1 aromatic carbocycles. The number of carbonyl (C=O) groups excluding carboxylic acids is 1. The third-order valence-corrected chi connectivity index (χ3v) is 4.00. The number of ketones is 1. The summed E-state index contributed by atoms with van der Waals surface area (Å²) in [5.74, 6) is -0.0137. The first kappa shape index (κ1) is 13.8.